The number of halogens is 1. The average molecular weight is 331 g/mol. The fourth-order valence-electron chi connectivity index (χ4n) is 3.42. The molecule has 4 rings (SSSR count). The van der Waals surface area contributed by atoms with Crippen LogP contribution in [0, 0.1) is 5.82 Å². The number of fused-ring (bicyclic) bond motifs is 1. The molecule has 1 fully saturated rings. The standard InChI is InChI=1S/C17H22FN5O/c18-14-3-1-12(2-4-14)13-9-23-17(24-11-13)16(20-21-23)10-22-7-5-15(19)6-8-22/h1-4,13,15H,5-11,19H2. The van der Waals surface area contributed by atoms with Crippen molar-refractivity contribution in [3.8, 4) is 5.88 Å². The van der Waals surface area contributed by atoms with Crippen molar-refractivity contribution < 1.29 is 9.13 Å². The smallest absolute Gasteiger partial charge is 0.237 e. The van der Waals surface area contributed by atoms with Gasteiger partial charge >= 0.3 is 0 Å². The molecule has 1 atom stereocenters. The van der Waals surface area contributed by atoms with Crippen molar-refractivity contribution in [1.29, 1.82) is 0 Å². The number of piperidine rings is 1. The highest BCUT2D eigenvalue weighted by Crippen LogP contribution is 2.29. The third-order valence-corrected chi connectivity index (χ3v) is 4.92. The Labute approximate surface area is 140 Å². The van der Waals surface area contributed by atoms with Crippen molar-refractivity contribution in [2.75, 3.05) is 19.7 Å². The molecule has 1 saturated heterocycles. The fraction of sp³-hybridized carbons (Fsp3) is 0.529. The Kier molecular flexibility index (Phi) is 4.20. The van der Waals surface area contributed by atoms with Crippen LogP contribution in [-0.4, -0.2) is 45.6 Å². The summed E-state index contributed by atoms with van der Waals surface area (Å²) in [7, 11) is 0. The maximum atomic E-state index is 13.1. The first-order chi connectivity index (χ1) is 11.7. The molecule has 2 N–H and O–H groups in total. The number of ether oxygens (including phenoxy) is 1. The highest BCUT2D eigenvalue weighted by molar-refractivity contribution is 5.25. The van der Waals surface area contributed by atoms with Crippen LogP contribution < -0.4 is 10.5 Å². The molecule has 6 nitrogen and oxygen atoms in total. The van der Waals surface area contributed by atoms with Gasteiger partial charge in [0.15, 0.2) is 0 Å². The van der Waals surface area contributed by atoms with Gasteiger partial charge in [-0.05, 0) is 30.5 Å². The molecule has 0 saturated carbocycles. The van der Waals surface area contributed by atoms with Gasteiger partial charge in [-0.25, -0.2) is 9.07 Å². The van der Waals surface area contributed by atoms with Crippen molar-refractivity contribution in [3.63, 3.8) is 0 Å². The molecule has 0 bridgehead atoms. The maximum Gasteiger partial charge on any atom is 0.237 e. The van der Waals surface area contributed by atoms with Crippen molar-refractivity contribution >= 4 is 0 Å². The summed E-state index contributed by atoms with van der Waals surface area (Å²) in [6.45, 7) is 4.01. The number of nitrogens with zero attached hydrogens (tertiary/aromatic N) is 4. The molecule has 2 aliphatic rings. The second-order valence-corrected chi connectivity index (χ2v) is 6.70. The molecular weight excluding hydrogens is 309 g/mol. The number of benzene rings is 1. The number of likely N-dealkylation sites (tertiary alicyclic amines) is 1. The second-order valence-electron chi connectivity index (χ2n) is 6.70. The van der Waals surface area contributed by atoms with Crippen molar-refractivity contribution in [1.82, 2.24) is 19.9 Å². The van der Waals surface area contributed by atoms with Gasteiger partial charge < -0.3 is 10.5 Å². The van der Waals surface area contributed by atoms with Gasteiger partial charge in [0, 0.05) is 31.6 Å². The molecule has 0 amide bonds. The largest absolute Gasteiger partial charge is 0.476 e. The Bertz CT molecular complexity index is 694. The van der Waals surface area contributed by atoms with E-state index in [4.69, 9.17) is 10.5 Å². The Morgan fingerprint density at radius 1 is 1.21 bits per heavy atom. The van der Waals surface area contributed by atoms with E-state index in [1.54, 1.807) is 0 Å². The third-order valence-electron chi connectivity index (χ3n) is 4.92. The van der Waals surface area contributed by atoms with Crippen molar-refractivity contribution in [2.45, 2.75) is 37.9 Å². The van der Waals surface area contributed by atoms with E-state index in [0.717, 1.165) is 49.6 Å². The maximum absolute atomic E-state index is 13.1. The van der Waals surface area contributed by atoms with Gasteiger partial charge in [0.05, 0.1) is 13.2 Å². The molecule has 1 aromatic heterocycles. The number of hydrogen-bond acceptors (Lipinski definition) is 5. The van der Waals surface area contributed by atoms with Gasteiger partial charge in [-0.3, -0.25) is 4.90 Å². The summed E-state index contributed by atoms with van der Waals surface area (Å²) < 4.78 is 20.8. The predicted octanol–water partition coefficient (Wildman–Crippen LogP) is 1.52. The summed E-state index contributed by atoms with van der Waals surface area (Å²) in [6, 6.07) is 6.91. The average Bonchev–Trinajstić information content (AvgIpc) is 3.00. The SMILES string of the molecule is NC1CCN(Cc2nnn3c2OCC(c2ccc(F)cc2)C3)CC1. The van der Waals surface area contributed by atoms with Gasteiger partial charge in [0.25, 0.3) is 0 Å². The first-order valence-corrected chi connectivity index (χ1v) is 8.47. The summed E-state index contributed by atoms with van der Waals surface area (Å²) in [5, 5.41) is 8.55. The zero-order valence-electron chi connectivity index (χ0n) is 13.6. The summed E-state index contributed by atoms with van der Waals surface area (Å²) in [6.07, 6.45) is 2.05. The molecule has 2 aromatic rings. The van der Waals surface area contributed by atoms with Gasteiger partial charge in [-0.2, -0.15) is 0 Å². The predicted molar refractivity (Wildman–Crippen MR) is 87.1 cm³/mol. The minimum absolute atomic E-state index is 0.167. The van der Waals surface area contributed by atoms with Gasteiger partial charge in [0.1, 0.15) is 11.5 Å². The Morgan fingerprint density at radius 2 is 1.96 bits per heavy atom. The number of nitrogens with two attached hydrogens (primary N) is 1. The number of rotatable bonds is 3. The van der Waals surface area contributed by atoms with Crippen LogP contribution in [0.4, 0.5) is 4.39 Å². The van der Waals surface area contributed by atoms with E-state index in [1.165, 1.54) is 12.1 Å². The Balaban J connectivity index is 1.44. The molecule has 24 heavy (non-hydrogen) atoms. The molecule has 1 aromatic carbocycles. The van der Waals surface area contributed by atoms with Crippen LogP contribution in [0.1, 0.15) is 30.0 Å². The highest BCUT2D eigenvalue weighted by atomic mass is 19.1. The lowest BCUT2D eigenvalue weighted by molar-refractivity contribution is 0.184. The van der Waals surface area contributed by atoms with Crippen LogP contribution in [0.3, 0.4) is 0 Å². The topological polar surface area (TPSA) is 69.2 Å². The van der Waals surface area contributed by atoms with Crippen molar-refractivity contribution in [3.05, 3.63) is 41.3 Å². The van der Waals surface area contributed by atoms with Gasteiger partial charge in [-0.1, -0.05) is 17.3 Å². The lowest BCUT2D eigenvalue weighted by Crippen LogP contribution is -2.39. The van der Waals surface area contributed by atoms with Crippen LogP contribution in [0.5, 0.6) is 5.88 Å². The number of aromatic nitrogens is 3. The molecule has 3 heterocycles. The van der Waals surface area contributed by atoms with Crippen LogP contribution in [0.15, 0.2) is 24.3 Å². The van der Waals surface area contributed by atoms with Gasteiger partial charge in [0.2, 0.25) is 5.88 Å². The summed E-state index contributed by atoms with van der Waals surface area (Å²) in [5.74, 6) is 0.712. The molecule has 0 spiro atoms. The zero-order valence-corrected chi connectivity index (χ0v) is 13.6. The van der Waals surface area contributed by atoms with E-state index in [0.29, 0.717) is 19.2 Å². The van der Waals surface area contributed by atoms with Crippen LogP contribution in [0.25, 0.3) is 0 Å². The lowest BCUT2D eigenvalue weighted by atomic mass is 9.99. The van der Waals surface area contributed by atoms with E-state index < -0.39 is 0 Å². The summed E-state index contributed by atoms with van der Waals surface area (Å²) in [4.78, 5) is 2.35. The Hall–Kier alpha value is -1.99. The van der Waals surface area contributed by atoms with E-state index in [-0.39, 0.29) is 11.7 Å². The van der Waals surface area contributed by atoms with Crippen LogP contribution in [0.2, 0.25) is 0 Å². The molecule has 7 heteroatoms. The molecule has 0 radical (unpaired) electrons. The van der Waals surface area contributed by atoms with Crippen molar-refractivity contribution in [2.24, 2.45) is 5.73 Å². The third kappa shape index (κ3) is 3.14. The normalized spacial score (nSPS) is 22.2. The highest BCUT2D eigenvalue weighted by Gasteiger charge is 2.27. The van der Waals surface area contributed by atoms with Crippen LogP contribution in [-0.2, 0) is 13.1 Å². The lowest BCUT2D eigenvalue weighted by Gasteiger charge is -2.30. The first kappa shape index (κ1) is 15.5. The molecule has 0 aliphatic carbocycles. The zero-order chi connectivity index (χ0) is 16.5. The Morgan fingerprint density at radius 3 is 2.71 bits per heavy atom. The molecule has 128 valence electrons. The van der Waals surface area contributed by atoms with E-state index in [2.05, 4.69) is 15.2 Å². The minimum atomic E-state index is -0.222. The second kappa shape index (κ2) is 6.49. The monoisotopic (exact) mass is 331 g/mol. The molecule has 1 unspecified atom stereocenters. The van der Waals surface area contributed by atoms with E-state index in [9.17, 15) is 4.39 Å². The summed E-state index contributed by atoms with van der Waals surface area (Å²) in [5.41, 5.74) is 7.91. The van der Waals surface area contributed by atoms with Gasteiger partial charge in [-0.15, -0.1) is 5.10 Å². The quantitative estimate of drug-likeness (QED) is 0.923. The number of hydrogen-bond donors (Lipinski definition) is 1. The van der Waals surface area contributed by atoms with E-state index >= 15 is 0 Å². The molecule has 2 aliphatic heterocycles. The van der Waals surface area contributed by atoms with E-state index in [1.807, 2.05) is 16.8 Å². The fourth-order valence-corrected chi connectivity index (χ4v) is 3.42. The molecular formula is C17H22FN5O. The van der Waals surface area contributed by atoms with Crippen LogP contribution >= 0.6 is 0 Å². The summed E-state index contributed by atoms with van der Waals surface area (Å²) >= 11 is 0. The minimum Gasteiger partial charge on any atom is -0.476 e. The first-order valence-electron chi connectivity index (χ1n) is 8.47.